The lowest BCUT2D eigenvalue weighted by atomic mass is 9.79. The van der Waals surface area contributed by atoms with Crippen molar-refractivity contribution >= 4 is 0 Å². The summed E-state index contributed by atoms with van der Waals surface area (Å²) in [5.41, 5.74) is 2.87. The molecule has 1 spiro atoms. The number of likely N-dealkylation sites (N-methyl/N-ethyl adjacent to an activating group) is 1. The number of hydrogen-bond acceptors (Lipinski definition) is 3. The average molecular weight is 404 g/mol. The fourth-order valence-electron chi connectivity index (χ4n) is 4.08. The number of piperazine rings is 1. The van der Waals surface area contributed by atoms with E-state index < -0.39 is 0 Å². The normalized spacial score (nSPS) is 22.3. The molecule has 0 aromatic heterocycles. The minimum Gasteiger partial charge on any atom is -0.372 e. The van der Waals surface area contributed by atoms with E-state index in [2.05, 4.69) is 86.8 Å². The molecule has 2 fully saturated rings. The molecule has 0 radical (unpaired) electrons. The Balaban J connectivity index is 0.000000977. The van der Waals surface area contributed by atoms with Crippen LogP contribution in [0.5, 0.6) is 0 Å². The first-order valence-electron chi connectivity index (χ1n) is 11.8. The zero-order valence-electron chi connectivity index (χ0n) is 20.7. The Kier molecular flexibility index (Phi) is 14.8. The van der Waals surface area contributed by atoms with Crippen molar-refractivity contribution in [3.05, 3.63) is 48.2 Å². The maximum absolute atomic E-state index is 4.36. The zero-order valence-corrected chi connectivity index (χ0v) is 20.7. The molecule has 1 unspecified atom stereocenters. The van der Waals surface area contributed by atoms with Crippen LogP contribution >= 0.6 is 0 Å². The maximum Gasteiger partial charge on any atom is 0.0368 e. The van der Waals surface area contributed by atoms with Crippen LogP contribution < -0.4 is 5.32 Å². The Morgan fingerprint density at radius 3 is 2.17 bits per heavy atom. The molecular formula is C26H49N3. The Hall–Kier alpha value is -1.32. The Bertz CT molecular complexity index is 522. The van der Waals surface area contributed by atoms with Gasteiger partial charge in [0, 0.05) is 43.5 Å². The molecule has 0 bridgehead atoms. The fourth-order valence-corrected chi connectivity index (χ4v) is 4.08. The first-order chi connectivity index (χ1) is 14.0. The van der Waals surface area contributed by atoms with Crippen molar-refractivity contribution in [2.45, 2.75) is 85.7 Å². The van der Waals surface area contributed by atoms with Gasteiger partial charge in [-0.2, -0.15) is 0 Å². The molecule has 0 aliphatic carbocycles. The monoisotopic (exact) mass is 403 g/mol. The van der Waals surface area contributed by atoms with Gasteiger partial charge in [-0.3, -0.25) is 0 Å². The predicted molar refractivity (Wildman–Crippen MR) is 132 cm³/mol. The standard InChI is InChI=1S/C19H33N3.C5H10.C2H6/c1-6-8-9-18(7-2)16(3)22-13-10-19(11-14-22)17(4)21(5)15-12-20-19;1-3-5-4-2;1-2/h6,8-9,17,20H,3,7,10-15H2,1-2,4-5H3;3,5H,4H2,1-2H3;1-2H3/b8-6-,18-9+;5-3+;. The van der Waals surface area contributed by atoms with Gasteiger partial charge in [-0.25, -0.2) is 0 Å². The second kappa shape index (κ2) is 15.5. The van der Waals surface area contributed by atoms with Gasteiger partial charge in [-0.1, -0.05) is 64.7 Å². The van der Waals surface area contributed by atoms with Gasteiger partial charge in [0.1, 0.15) is 0 Å². The van der Waals surface area contributed by atoms with E-state index in [1.165, 1.54) is 24.1 Å². The summed E-state index contributed by atoms with van der Waals surface area (Å²) in [7, 11) is 2.26. The van der Waals surface area contributed by atoms with E-state index in [9.17, 15) is 0 Å². The summed E-state index contributed by atoms with van der Waals surface area (Å²) in [5.74, 6) is 0. The molecule has 1 N–H and O–H groups in total. The van der Waals surface area contributed by atoms with Gasteiger partial charge >= 0.3 is 0 Å². The quantitative estimate of drug-likeness (QED) is 0.437. The van der Waals surface area contributed by atoms with Gasteiger partial charge in [0.25, 0.3) is 0 Å². The van der Waals surface area contributed by atoms with Crippen molar-refractivity contribution in [3.8, 4) is 0 Å². The molecule has 2 saturated heterocycles. The zero-order chi connectivity index (χ0) is 22.3. The molecule has 2 aliphatic rings. The number of hydrogen-bond donors (Lipinski definition) is 1. The molecule has 168 valence electrons. The van der Waals surface area contributed by atoms with Crippen LogP contribution in [0, 0.1) is 0 Å². The summed E-state index contributed by atoms with van der Waals surface area (Å²) in [6.07, 6.45) is 15.2. The summed E-state index contributed by atoms with van der Waals surface area (Å²) in [4.78, 5) is 4.98. The smallest absolute Gasteiger partial charge is 0.0368 e. The van der Waals surface area contributed by atoms with Crippen LogP contribution in [0.2, 0.25) is 0 Å². The largest absolute Gasteiger partial charge is 0.372 e. The van der Waals surface area contributed by atoms with Gasteiger partial charge in [0.05, 0.1) is 0 Å². The van der Waals surface area contributed by atoms with Crippen LogP contribution in [0.1, 0.15) is 74.1 Å². The number of likely N-dealkylation sites (tertiary alicyclic amines) is 1. The lowest BCUT2D eigenvalue weighted by Crippen LogP contribution is -2.67. The highest BCUT2D eigenvalue weighted by molar-refractivity contribution is 5.31. The first kappa shape index (κ1) is 27.7. The van der Waals surface area contributed by atoms with Crippen LogP contribution in [0.4, 0.5) is 0 Å². The van der Waals surface area contributed by atoms with Crippen molar-refractivity contribution < 1.29 is 0 Å². The molecule has 0 aromatic carbocycles. The van der Waals surface area contributed by atoms with E-state index in [0.717, 1.165) is 39.0 Å². The SMILES string of the molecule is C/C=C/CC.C=C(/C(=C/C=C\C)CC)N1CCC2(CC1)NCCN(C)C2C.CC. The third-order valence-corrected chi connectivity index (χ3v) is 6.15. The molecule has 2 aliphatic heterocycles. The van der Waals surface area contributed by atoms with Crippen LogP contribution in [0.3, 0.4) is 0 Å². The molecule has 2 heterocycles. The summed E-state index contributed by atoms with van der Waals surface area (Å²) in [6, 6.07) is 0.612. The second-order valence-electron chi connectivity index (χ2n) is 7.72. The molecule has 2 rings (SSSR count). The minimum atomic E-state index is 0.295. The average Bonchev–Trinajstić information content (AvgIpc) is 2.75. The molecule has 3 heteroatoms. The van der Waals surface area contributed by atoms with E-state index in [1.807, 2.05) is 20.8 Å². The second-order valence-corrected chi connectivity index (χ2v) is 7.72. The van der Waals surface area contributed by atoms with Crippen molar-refractivity contribution in [2.75, 3.05) is 33.2 Å². The number of nitrogens with zero attached hydrogens (tertiary/aromatic N) is 2. The summed E-state index contributed by atoms with van der Waals surface area (Å²) in [6.45, 7) is 23.7. The van der Waals surface area contributed by atoms with E-state index in [1.54, 1.807) is 0 Å². The number of allylic oxidation sites excluding steroid dienone is 6. The van der Waals surface area contributed by atoms with Crippen LogP contribution in [-0.2, 0) is 0 Å². The van der Waals surface area contributed by atoms with E-state index in [0.29, 0.717) is 11.6 Å². The van der Waals surface area contributed by atoms with Crippen LogP contribution in [0.15, 0.2) is 48.2 Å². The Labute approximate surface area is 182 Å². The molecule has 1 atom stereocenters. The van der Waals surface area contributed by atoms with Crippen molar-refractivity contribution in [2.24, 2.45) is 0 Å². The summed E-state index contributed by atoms with van der Waals surface area (Å²) < 4.78 is 0. The van der Waals surface area contributed by atoms with E-state index in [-0.39, 0.29) is 0 Å². The maximum atomic E-state index is 4.36. The molecule has 3 nitrogen and oxygen atoms in total. The predicted octanol–water partition coefficient (Wildman–Crippen LogP) is 6.17. The lowest BCUT2D eigenvalue weighted by Gasteiger charge is -2.52. The van der Waals surface area contributed by atoms with Gasteiger partial charge in [-0.05, 0) is 59.1 Å². The Morgan fingerprint density at radius 1 is 1.10 bits per heavy atom. The molecule has 29 heavy (non-hydrogen) atoms. The molecule has 0 saturated carbocycles. The Morgan fingerprint density at radius 2 is 1.72 bits per heavy atom. The fraction of sp³-hybridized carbons (Fsp3) is 0.692. The van der Waals surface area contributed by atoms with E-state index >= 15 is 0 Å². The van der Waals surface area contributed by atoms with Crippen molar-refractivity contribution in [3.63, 3.8) is 0 Å². The summed E-state index contributed by atoms with van der Waals surface area (Å²) >= 11 is 0. The van der Waals surface area contributed by atoms with Crippen molar-refractivity contribution in [1.29, 1.82) is 0 Å². The number of rotatable bonds is 5. The van der Waals surface area contributed by atoms with Gasteiger partial charge in [0.15, 0.2) is 0 Å². The van der Waals surface area contributed by atoms with Gasteiger partial charge in [-0.15, -0.1) is 0 Å². The summed E-state index contributed by atoms with van der Waals surface area (Å²) in [5, 5.41) is 3.83. The molecule has 0 aromatic rings. The minimum absolute atomic E-state index is 0.295. The topological polar surface area (TPSA) is 18.5 Å². The highest BCUT2D eigenvalue weighted by Gasteiger charge is 2.42. The highest BCUT2D eigenvalue weighted by Crippen LogP contribution is 2.32. The van der Waals surface area contributed by atoms with Crippen LogP contribution in [0.25, 0.3) is 0 Å². The van der Waals surface area contributed by atoms with Gasteiger partial charge in [0.2, 0.25) is 0 Å². The number of nitrogens with one attached hydrogen (secondary N) is 1. The molecule has 0 amide bonds. The van der Waals surface area contributed by atoms with Crippen LogP contribution in [-0.4, -0.2) is 54.6 Å². The molecular weight excluding hydrogens is 354 g/mol. The third kappa shape index (κ3) is 8.52. The number of piperidine rings is 1. The highest BCUT2D eigenvalue weighted by atomic mass is 15.3. The van der Waals surface area contributed by atoms with E-state index in [4.69, 9.17) is 0 Å². The third-order valence-electron chi connectivity index (χ3n) is 6.15. The first-order valence-corrected chi connectivity index (χ1v) is 11.8. The van der Waals surface area contributed by atoms with Crippen molar-refractivity contribution in [1.82, 2.24) is 15.1 Å². The lowest BCUT2D eigenvalue weighted by molar-refractivity contribution is 0.0407. The van der Waals surface area contributed by atoms with Gasteiger partial charge < -0.3 is 15.1 Å².